The van der Waals surface area contributed by atoms with E-state index in [2.05, 4.69) is 0 Å². The van der Waals surface area contributed by atoms with Crippen LogP contribution in [0.2, 0.25) is 0 Å². The second-order valence-electron chi connectivity index (χ2n) is 7.48. The third kappa shape index (κ3) is 3.46. The van der Waals surface area contributed by atoms with Crippen molar-refractivity contribution in [2.45, 2.75) is 44.6 Å². The number of likely N-dealkylation sites (tertiary alicyclic amines) is 1. The van der Waals surface area contributed by atoms with Crippen LogP contribution in [0.3, 0.4) is 0 Å². The van der Waals surface area contributed by atoms with Crippen LogP contribution in [0.4, 0.5) is 0 Å². The van der Waals surface area contributed by atoms with Crippen molar-refractivity contribution in [1.29, 1.82) is 0 Å². The lowest BCUT2D eigenvalue weighted by Gasteiger charge is -2.44. The average molecular weight is 351 g/mol. The number of hydrogen-bond donors (Lipinski definition) is 0. The molecule has 1 heterocycles. The van der Waals surface area contributed by atoms with Crippen molar-refractivity contribution >= 4 is 22.6 Å². The molecule has 0 spiro atoms. The zero-order chi connectivity index (χ0) is 17.9. The number of nitrogens with zero attached hydrogens (tertiary/aromatic N) is 1. The number of fused-ring (bicyclic) bond motifs is 2. The lowest BCUT2D eigenvalue weighted by Crippen LogP contribution is -2.50. The van der Waals surface area contributed by atoms with Gasteiger partial charge < -0.3 is 9.64 Å². The van der Waals surface area contributed by atoms with E-state index in [4.69, 9.17) is 4.74 Å². The van der Waals surface area contributed by atoms with Crippen molar-refractivity contribution in [2.24, 2.45) is 5.92 Å². The van der Waals surface area contributed by atoms with E-state index in [1.165, 1.54) is 25.7 Å². The predicted octanol–water partition coefficient (Wildman–Crippen LogP) is 4.18. The molecule has 0 aromatic heterocycles. The summed E-state index contributed by atoms with van der Waals surface area (Å²) in [6.07, 6.45) is 7.08. The molecule has 136 valence electrons. The molecule has 0 unspecified atom stereocenters. The van der Waals surface area contributed by atoms with E-state index in [-0.39, 0.29) is 12.5 Å². The molecule has 1 amide bonds. The Morgan fingerprint density at radius 3 is 2.62 bits per heavy atom. The number of hydrogen-bond acceptors (Lipinski definition) is 3. The van der Waals surface area contributed by atoms with E-state index >= 15 is 0 Å². The fourth-order valence-corrected chi connectivity index (χ4v) is 4.54. The zero-order valence-electron chi connectivity index (χ0n) is 15.0. The van der Waals surface area contributed by atoms with Gasteiger partial charge in [-0.1, -0.05) is 43.2 Å². The monoisotopic (exact) mass is 351 g/mol. The van der Waals surface area contributed by atoms with Gasteiger partial charge in [-0.25, -0.2) is 4.79 Å². The van der Waals surface area contributed by atoms with Crippen LogP contribution in [0.5, 0.6) is 0 Å². The maximum absolute atomic E-state index is 12.6. The minimum absolute atomic E-state index is 0.0456. The zero-order valence-corrected chi connectivity index (χ0v) is 15.0. The quantitative estimate of drug-likeness (QED) is 0.780. The summed E-state index contributed by atoms with van der Waals surface area (Å²) in [5.74, 6) is 0.162. The standard InChI is InChI=1S/C22H25NO3/c24-21(23-13-5-9-17-7-3-4-10-20(17)23)15-26-22(25)19-12-11-16-6-1-2-8-18(16)14-19/h1-2,6,8,11-12,14,17,20H,3-5,7,9-10,13,15H2/t17-,20-/m0/s1. The summed E-state index contributed by atoms with van der Waals surface area (Å²) in [6, 6.07) is 13.7. The largest absolute Gasteiger partial charge is 0.452 e. The van der Waals surface area contributed by atoms with Crippen molar-refractivity contribution in [3.63, 3.8) is 0 Å². The lowest BCUT2D eigenvalue weighted by atomic mass is 9.78. The van der Waals surface area contributed by atoms with Gasteiger partial charge in [-0.15, -0.1) is 0 Å². The van der Waals surface area contributed by atoms with Crippen LogP contribution in [-0.4, -0.2) is 36.0 Å². The van der Waals surface area contributed by atoms with Crippen LogP contribution < -0.4 is 0 Å². The number of ether oxygens (including phenoxy) is 1. The molecule has 2 aromatic carbocycles. The Balaban J connectivity index is 1.39. The van der Waals surface area contributed by atoms with E-state index in [1.54, 1.807) is 6.07 Å². The third-order valence-electron chi connectivity index (χ3n) is 5.88. The number of benzene rings is 2. The molecular formula is C22H25NO3. The molecule has 1 saturated heterocycles. The van der Waals surface area contributed by atoms with Crippen LogP contribution in [0.25, 0.3) is 10.8 Å². The second kappa shape index (κ2) is 7.48. The van der Waals surface area contributed by atoms with E-state index in [1.807, 2.05) is 41.3 Å². The first-order valence-corrected chi connectivity index (χ1v) is 9.68. The molecule has 4 nitrogen and oxygen atoms in total. The summed E-state index contributed by atoms with van der Waals surface area (Å²) in [4.78, 5) is 27.0. The summed E-state index contributed by atoms with van der Waals surface area (Å²) in [5, 5.41) is 2.08. The van der Waals surface area contributed by atoms with Gasteiger partial charge in [0, 0.05) is 12.6 Å². The van der Waals surface area contributed by atoms with Gasteiger partial charge in [0.05, 0.1) is 5.56 Å². The minimum atomic E-state index is -0.429. The highest BCUT2D eigenvalue weighted by Gasteiger charge is 2.35. The molecule has 4 heteroatoms. The first kappa shape index (κ1) is 17.1. The number of esters is 1. The van der Waals surface area contributed by atoms with Gasteiger partial charge in [0.1, 0.15) is 0 Å². The van der Waals surface area contributed by atoms with Crippen LogP contribution in [-0.2, 0) is 9.53 Å². The van der Waals surface area contributed by atoms with Gasteiger partial charge >= 0.3 is 5.97 Å². The van der Waals surface area contributed by atoms with E-state index in [0.29, 0.717) is 17.5 Å². The molecule has 2 aromatic rings. The molecular weight excluding hydrogens is 326 g/mol. The van der Waals surface area contributed by atoms with Gasteiger partial charge in [0.2, 0.25) is 0 Å². The number of carbonyl (C=O) groups excluding carboxylic acids is 2. The highest BCUT2D eigenvalue weighted by atomic mass is 16.5. The van der Waals surface area contributed by atoms with Crippen molar-refractivity contribution in [1.82, 2.24) is 4.90 Å². The van der Waals surface area contributed by atoms with E-state index in [9.17, 15) is 9.59 Å². The van der Waals surface area contributed by atoms with Crippen LogP contribution in [0, 0.1) is 5.92 Å². The van der Waals surface area contributed by atoms with Crippen molar-refractivity contribution < 1.29 is 14.3 Å². The third-order valence-corrected chi connectivity index (χ3v) is 5.88. The summed E-state index contributed by atoms with van der Waals surface area (Å²) in [5.41, 5.74) is 0.491. The Kier molecular flexibility index (Phi) is 4.91. The molecule has 26 heavy (non-hydrogen) atoms. The van der Waals surface area contributed by atoms with Gasteiger partial charge in [-0.2, -0.15) is 0 Å². The number of amides is 1. The van der Waals surface area contributed by atoms with Crippen LogP contribution in [0.15, 0.2) is 42.5 Å². The molecule has 0 radical (unpaired) electrons. The predicted molar refractivity (Wildman–Crippen MR) is 101 cm³/mol. The Morgan fingerprint density at radius 2 is 1.73 bits per heavy atom. The molecule has 1 saturated carbocycles. The Labute approximate surface area is 154 Å². The SMILES string of the molecule is O=C(OCC(=O)N1CCC[C@@H]2CCCC[C@@H]21)c1ccc2ccccc2c1. The van der Waals surface area contributed by atoms with E-state index < -0.39 is 5.97 Å². The summed E-state index contributed by atoms with van der Waals surface area (Å²) in [6.45, 7) is 0.641. The van der Waals surface area contributed by atoms with Gasteiger partial charge in [0.15, 0.2) is 6.61 Å². The maximum atomic E-state index is 12.6. The molecule has 1 aliphatic heterocycles. The van der Waals surface area contributed by atoms with Gasteiger partial charge in [0.25, 0.3) is 5.91 Å². The van der Waals surface area contributed by atoms with E-state index in [0.717, 1.165) is 30.2 Å². The summed E-state index contributed by atoms with van der Waals surface area (Å²) >= 11 is 0. The van der Waals surface area contributed by atoms with Crippen LogP contribution >= 0.6 is 0 Å². The average Bonchev–Trinajstić information content (AvgIpc) is 2.71. The molecule has 2 atom stereocenters. The molecule has 1 aliphatic carbocycles. The molecule has 2 fully saturated rings. The smallest absolute Gasteiger partial charge is 0.338 e. The topological polar surface area (TPSA) is 46.6 Å². The van der Waals surface area contributed by atoms with Crippen LogP contribution in [0.1, 0.15) is 48.9 Å². The Morgan fingerprint density at radius 1 is 0.962 bits per heavy atom. The highest BCUT2D eigenvalue weighted by Crippen LogP contribution is 2.35. The molecule has 4 rings (SSSR count). The minimum Gasteiger partial charge on any atom is -0.452 e. The normalized spacial score (nSPS) is 22.7. The molecule has 0 N–H and O–H groups in total. The fraction of sp³-hybridized carbons (Fsp3) is 0.455. The first-order chi connectivity index (χ1) is 12.7. The van der Waals surface area contributed by atoms with Crippen molar-refractivity contribution in [3.8, 4) is 0 Å². The number of piperidine rings is 1. The Hall–Kier alpha value is -2.36. The summed E-state index contributed by atoms with van der Waals surface area (Å²) < 4.78 is 5.34. The summed E-state index contributed by atoms with van der Waals surface area (Å²) in [7, 11) is 0. The van der Waals surface area contributed by atoms with Gasteiger partial charge in [-0.3, -0.25) is 4.79 Å². The molecule has 0 bridgehead atoms. The maximum Gasteiger partial charge on any atom is 0.338 e. The first-order valence-electron chi connectivity index (χ1n) is 9.68. The lowest BCUT2D eigenvalue weighted by molar-refractivity contribution is -0.140. The molecule has 2 aliphatic rings. The highest BCUT2D eigenvalue weighted by molar-refractivity contribution is 5.96. The Bertz CT molecular complexity index is 814. The second-order valence-corrected chi connectivity index (χ2v) is 7.48. The van der Waals surface area contributed by atoms with Crippen molar-refractivity contribution in [3.05, 3.63) is 48.0 Å². The van der Waals surface area contributed by atoms with Crippen molar-refractivity contribution in [2.75, 3.05) is 13.2 Å². The number of rotatable bonds is 3. The van der Waals surface area contributed by atoms with Gasteiger partial charge in [-0.05, 0) is 54.5 Å². The fourth-order valence-electron chi connectivity index (χ4n) is 4.54. The number of carbonyl (C=O) groups is 2.